The number of benzene rings is 1. The Labute approximate surface area is 165 Å². The van der Waals surface area contributed by atoms with Crippen molar-refractivity contribution in [3.8, 4) is 22.8 Å². The summed E-state index contributed by atoms with van der Waals surface area (Å²) in [6, 6.07) is 15.1. The predicted molar refractivity (Wildman–Crippen MR) is 109 cm³/mol. The quantitative estimate of drug-likeness (QED) is 0.553. The van der Waals surface area contributed by atoms with Crippen LogP contribution in [0.25, 0.3) is 16.9 Å². The molecule has 0 saturated heterocycles. The molecule has 0 aliphatic rings. The number of hydrogen-bond donors (Lipinski definition) is 1. The van der Waals surface area contributed by atoms with E-state index in [1.54, 1.807) is 24.8 Å². The summed E-state index contributed by atoms with van der Waals surface area (Å²) in [5, 5.41) is 7.24. The molecule has 1 amide bonds. The smallest absolute Gasteiger partial charge is 0.268 e. The number of pyridine rings is 1. The Kier molecular flexibility index (Phi) is 4.70. The molecule has 0 unspecified atom stereocenters. The minimum Gasteiger partial charge on any atom is -0.497 e. The summed E-state index contributed by atoms with van der Waals surface area (Å²) < 4.78 is 12.3. The average molecular weight is 394 g/mol. The van der Waals surface area contributed by atoms with Gasteiger partial charge in [-0.3, -0.25) is 10.1 Å². The number of ether oxygens (including phenoxy) is 2. The van der Waals surface area contributed by atoms with Gasteiger partial charge in [0, 0.05) is 10.4 Å². The van der Waals surface area contributed by atoms with Gasteiger partial charge in [0.15, 0.2) is 11.4 Å². The Bertz CT molecular complexity index is 1150. The van der Waals surface area contributed by atoms with Gasteiger partial charge in [0.2, 0.25) is 5.95 Å². The van der Waals surface area contributed by atoms with Crippen LogP contribution in [0, 0.1) is 6.92 Å². The summed E-state index contributed by atoms with van der Waals surface area (Å²) in [4.78, 5) is 18.6. The lowest BCUT2D eigenvalue weighted by atomic mass is 10.1. The van der Waals surface area contributed by atoms with Crippen molar-refractivity contribution >= 4 is 28.8 Å². The third-order valence-electron chi connectivity index (χ3n) is 4.24. The molecular weight excluding hydrogens is 376 g/mol. The van der Waals surface area contributed by atoms with Gasteiger partial charge in [0.05, 0.1) is 24.8 Å². The zero-order valence-electron chi connectivity index (χ0n) is 15.6. The van der Waals surface area contributed by atoms with E-state index < -0.39 is 0 Å². The normalized spacial score (nSPS) is 10.8. The molecule has 0 spiro atoms. The molecule has 0 atom stereocenters. The second-order valence-electron chi connectivity index (χ2n) is 6.05. The molecule has 3 heterocycles. The number of carbonyl (C=O) groups excluding carboxylic acids is 1. The molecule has 3 aromatic heterocycles. The molecular formula is C20H18N4O3S. The molecule has 4 rings (SSSR count). The highest BCUT2D eigenvalue weighted by Crippen LogP contribution is 2.28. The number of hydrogen-bond acceptors (Lipinski definition) is 6. The lowest BCUT2D eigenvalue weighted by molar-refractivity contribution is 0.102. The number of rotatable bonds is 5. The fourth-order valence-corrected chi connectivity index (χ4v) is 3.61. The average Bonchev–Trinajstić information content (AvgIpc) is 3.33. The number of amides is 1. The first-order valence-corrected chi connectivity index (χ1v) is 9.36. The second-order valence-corrected chi connectivity index (χ2v) is 7.34. The number of fused-ring (bicyclic) bond motifs is 1. The molecule has 0 aliphatic heterocycles. The van der Waals surface area contributed by atoms with E-state index in [9.17, 15) is 4.79 Å². The lowest BCUT2D eigenvalue weighted by Gasteiger charge is -2.08. The molecule has 0 fully saturated rings. The monoisotopic (exact) mass is 394 g/mol. The third kappa shape index (κ3) is 3.29. The highest BCUT2D eigenvalue weighted by atomic mass is 32.1. The van der Waals surface area contributed by atoms with Crippen LogP contribution < -0.4 is 14.8 Å². The van der Waals surface area contributed by atoms with Gasteiger partial charge < -0.3 is 9.47 Å². The molecule has 142 valence electrons. The molecule has 0 radical (unpaired) electrons. The summed E-state index contributed by atoms with van der Waals surface area (Å²) in [6.45, 7) is 1.95. The molecule has 0 bridgehead atoms. The summed E-state index contributed by atoms with van der Waals surface area (Å²) in [6.07, 6.45) is 0. The van der Waals surface area contributed by atoms with Crippen molar-refractivity contribution in [3.63, 3.8) is 0 Å². The zero-order valence-corrected chi connectivity index (χ0v) is 16.4. The van der Waals surface area contributed by atoms with Crippen molar-refractivity contribution in [1.29, 1.82) is 0 Å². The molecule has 0 saturated carbocycles. The van der Waals surface area contributed by atoms with Crippen LogP contribution in [0.5, 0.6) is 11.5 Å². The van der Waals surface area contributed by atoms with Crippen LogP contribution in [0.1, 0.15) is 14.5 Å². The molecule has 4 aromatic rings. The summed E-state index contributed by atoms with van der Waals surface area (Å²) >= 11 is 1.42. The zero-order chi connectivity index (χ0) is 19.7. The van der Waals surface area contributed by atoms with E-state index >= 15 is 0 Å². The van der Waals surface area contributed by atoms with Crippen molar-refractivity contribution in [2.75, 3.05) is 19.5 Å². The Morgan fingerprint density at radius 2 is 1.82 bits per heavy atom. The molecule has 1 aromatic carbocycles. The van der Waals surface area contributed by atoms with Crippen molar-refractivity contribution in [2.24, 2.45) is 0 Å². The van der Waals surface area contributed by atoms with Crippen molar-refractivity contribution in [2.45, 2.75) is 6.92 Å². The number of nitrogens with zero attached hydrogens (tertiary/aromatic N) is 3. The lowest BCUT2D eigenvalue weighted by Crippen LogP contribution is -2.11. The first-order valence-electron chi connectivity index (χ1n) is 8.55. The Morgan fingerprint density at radius 1 is 1.04 bits per heavy atom. The number of anilines is 1. The number of aryl methyl sites for hydroxylation is 1. The van der Waals surface area contributed by atoms with E-state index in [1.165, 1.54) is 11.3 Å². The van der Waals surface area contributed by atoms with E-state index in [0.717, 1.165) is 21.9 Å². The van der Waals surface area contributed by atoms with Gasteiger partial charge in [-0.2, -0.15) is 4.98 Å². The Balaban J connectivity index is 1.74. The number of thiophene rings is 1. The maximum Gasteiger partial charge on any atom is 0.268 e. The van der Waals surface area contributed by atoms with Gasteiger partial charge in [-0.05, 0) is 55.5 Å². The van der Waals surface area contributed by atoms with Crippen molar-refractivity contribution in [1.82, 2.24) is 14.6 Å². The van der Waals surface area contributed by atoms with Crippen LogP contribution in [-0.2, 0) is 0 Å². The first kappa shape index (κ1) is 18.0. The highest BCUT2D eigenvalue weighted by Gasteiger charge is 2.16. The molecule has 1 N–H and O–H groups in total. The van der Waals surface area contributed by atoms with E-state index in [4.69, 9.17) is 9.47 Å². The second kappa shape index (κ2) is 7.32. The maximum absolute atomic E-state index is 12.4. The van der Waals surface area contributed by atoms with Gasteiger partial charge in [0.25, 0.3) is 5.91 Å². The fraction of sp³-hybridized carbons (Fsp3) is 0.150. The number of nitrogens with one attached hydrogen (secondary N) is 1. The fourth-order valence-electron chi connectivity index (χ4n) is 2.85. The highest BCUT2D eigenvalue weighted by molar-refractivity contribution is 7.14. The van der Waals surface area contributed by atoms with Crippen LogP contribution >= 0.6 is 11.3 Å². The van der Waals surface area contributed by atoms with Crippen LogP contribution in [0.3, 0.4) is 0 Å². The van der Waals surface area contributed by atoms with Gasteiger partial charge in [-0.1, -0.05) is 0 Å². The van der Waals surface area contributed by atoms with Crippen LogP contribution in [0.15, 0.2) is 48.5 Å². The van der Waals surface area contributed by atoms with Crippen LogP contribution in [0.4, 0.5) is 5.95 Å². The summed E-state index contributed by atoms with van der Waals surface area (Å²) in [7, 11) is 3.20. The summed E-state index contributed by atoms with van der Waals surface area (Å²) in [5.74, 6) is 1.32. The van der Waals surface area contributed by atoms with Crippen LogP contribution in [0.2, 0.25) is 0 Å². The van der Waals surface area contributed by atoms with Crippen molar-refractivity contribution in [3.05, 3.63) is 58.3 Å². The minimum absolute atomic E-state index is 0.218. The predicted octanol–water partition coefficient (Wildman–Crippen LogP) is 4.04. The molecule has 7 nitrogen and oxygen atoms in total. The van der Waals surface area contributed by atoms with E-state index in [1.807, 2.05) is 49.4 Å². The molecule has 28 heavy (non-hydrogen) atoms. The number of carbonyl (C=O) groups is 1. The van der Waals surface area contributed by atoms with Gasteiger partial charge in [-0.25, -0.2) is 4.52 Å². The number of aromatic nitrogens is 3. The van der Waals surface area contributed by atoms with E-state index in [2.05, 4.69) is 15.4 Å². The van der Waals surface area contributed by atoms with Gasteiger partial charge in [-0.15, -0.1) is 16.4 Å². The number of methoxy groups -OCH3 is 2. The SMILES string of the molecule is COc1ccc(-c2ccc(OC)c3nc(NC(=O)c4ccc(C)s4)nn23)cc1. The summed E-state index contributed by atoms with van der Waals surface area (Å²) in [5.41, 5.74) is 2.28. The van der Waals surface area contributed by atoms with E-state index in [-0.39, 0.29) is 11.9 Å². The third-order valence-corrected chi connectivity index (χ3v) is 5.24. The standard InChI is InChI=1S/C20H18N4O3S/c1-12-4-11-17(28-12)19(25)22-20-21-18-16(27-3)10-9-15(24(18)23-20)13-5-7-14(26-2)8-6-13/h4-11H,1-3H3,(H,22,23,25). The van der Waals surface area contributed by atoms with Crippen molar-refractivity contribution < 1.29 is 14.3 Å². The molecule has 0 aliphatic carbocycles. The van der Waals surface area contributed by atoms with Gasteiger partial charge in [0.1, 0.15) is 5.75 Å². The van der Waals surface area contributed by atoms with Crippen LogP contribution in [-0.4, -0.2) is 34.7 Å². The Hall–Kier alpha value is -3.39. The first-order chi connectivity index (χ1) is 13.6. The topological polar surface area (TPSA) is 77.8 Å². The minimum atomic E-state index is -0.237. The van der Waals surface area contributed by atoms with Gasteiger partial charge >= 0.3 is 0 Å². The Morgan fingerprint density at radius 3 is 2.46 bits per heavy atom. The largest absolute Gasteiger partial charge is 0.497 e. The van der Waals surface area contributed by atoms with E-state index in [0.29, 0.717) is 16.3 Å². The molecule has 8 heteroatoms. The maximum atomic E-state index is 12.4.